The highest BCUT2D eigenvalue weighted by molar-refractivity contribution is 5.93. The second kappa shape index (κ2) is 10.4. The molecule has 0 spiro atoms. The quantitative estimate of drug-likeness (QED) is 0.669. The Morgan fingerprint density at radius 3 is 2.44 bits per heavy atom. The third-order valence-electron chi connectivity index (χ3n) is 6.49. The molecule has 2 aromatic carbocycles. The van der Waals surface area contributed by atoms with Crippen LogP contribution in [0.2, 0.25) is 0 Å². The molecule has 1 aliphatic carbocycles. The van der Waals surface area contributed by atoms with E-state index in [1.807, 2.05) is 42.5 Å². The first-order chi connectivity index (χ1) is 15.6. The van der Waals surface area contributed by atoms with Crippen molar-refractivity contribution >= 4 is 23.4 Å². The van der Waals surface area contributed by atoms with E-state index in [0.29, 0.717) is 19.6 Å². The molecule has 2 aliphatic rings. The molecule has 6 nitrogen and oxygen atoms in total. The second-order valence-electron chi connectivity index (χ2n) is 8.87. The predicted molar refractivity (Wildman–Crippen MR) is 124 cm³/mol. The van der Waals surface area contributed by atoms with Crippen molar-refractivity contribution in [2.45, 2.75) is 45.1 Å². The van der Waals surface area contributed by atoms with Gasteiger partial charge in [-0.3, -0.25) is 14.4 Å². The molecule has 2 N–H and O–H groups in total. The number of benzene rings is 2. The fourth-order valence-electron chi connectivity index (χ4n) is 4.60. The number of carbonyl (C=O) groups excluding carboxylic acids is 3. The van der Waals surface area contributed by atoms with Gasteiger partial charge in [0.15, 0.2) is 0 Å². The van der Waals surface area contributed by atoms with Gasteiger partial charge in [-0.2, -0.15) is 0 Å². The van der Waals surface area contributed by atoms with Crippen LogP contribution in [0.1, 0.15) is 43.2 Å². The fourth-order valence-corrected chi connectivity index (χ4v) is 4.60. The van der Waals surface area contributed by atoms with Gasteiger partial charge in [0.05, 0.1) is 5.92 Å². The minimum Gasteiger partial charge on any atom is -0.352 e. The molecule has 0 aromatic heterocycles. The molecule has 1 aliphatic heterocycles. The number of anilines is 1. The Kier molecular flexibility index (Phi) is 7.20. The van der Waals surface area contributed by atoms with Gasteiger partial charge in [-0.1, -0.05) is 55.3 Å². The molecule has 2 aromatic rings. The van der Waals surface area contributed by atoms with Crippen LogP contribution >= 0.6 is 0 Å². The van der Waals surface area contributed by atoms with Crippen molar-refractivity contribution in [3.05, 3.63) is 65.7 Å². The Labute approximate surface area is 189 Å². The minimum atomic E-state index is -0.316. The normalized spacial score (nSPS) is 18.7. The molecular weight excluding hydrogens is 402 g/mol. The first-order valence-corrected chi connectivity index (χ1v) is 11.6. The number of hydrogen-bond acceptors (Lipinski definition) is 3. The first-order valence-electron chi connectivity index (χ1n) is 11.6. The maximum atomic E-state index is 12.7. The second-order valence-corrected chi connectivity index (χ2v) is 8.87. The molecular formula is C26H31N3O3. The molecule has 32 heavy (non-hydrogen) atoms. The predicted octanol–water partition coefficient (Wildman–Crippen LogP) is 3.52. The third kappa shape index (κ3) is 5.75. The van der Waals surface area contributed by atoms with Crippen molar-refractivity contribution in [2.24, 2.45) is 11.8 Å². The molecule has 2 fully saturated rings. The maximum absolute atomic E-state index is 12.7. The Morgan fingerprint density at radius 1 is 0.906 bits per heavy atom. The van der Waals surface area contributed by atoms with Crippen LogP contribution in [-0.4, -0.2) is 35.7 Å². The van der Waals surface area contributed by atoms with Gasteiger partial charge in [-0.05, 0) is 42.5 Å². The van der Waals surface area contributed by atoms with Crippen LogP contribution in [-0.2, 0) is 27.3 Å². The molecule has 1 atom stereocenters. The van der Waals surface area contributed by atoms with Gasteiger partial charge in [0.1, 0.15) is 0 Å². The zero-order chi connectivity index (χ0) is 22.3. The maximum Gasteiger partial charge on any atom is 0.227 e. The van der Waals surface area contributed by atoms with E-state index in [2.05, 4.69) is 22.8 Å². The average Bonchev–Trinajstić information content (AvgIpc) is 3.47. The van der Waals surface area contributed by atoms with Gasteiger partial charge in [0.25, 0.3) is 0 Å². The van der Waals surface area contributed by atoms with Crippen LogP contribution in [0.25, 0.3) is 0 Å². The molecule has 6 heteroatoms. The van der Waals surface area contributed by atoms with Gasteiger partial charge in [0.2, 0.25) is 17.7 Å². The summed E-state index contributed by atoms with van der Waals surface area (Å²) in [4.78, 5) is 39.1. The molecule has 1 heterocycles. The minimum absolute atomic E-state index is 0.0395. The number of nitrogens with one attached hydrogen (secondary N) is 2. The number of rotatable bonds is 8. The van der Waals surface area contributed by atoms with Crippen LogP contribution in [0.5, 0.6) is 0 Å². The number of carbonyl (C=O) groups is 3. The van der Waals surface area contributed by atoms with Gasteiger partial charge >= 0.3 is 0 Å². The van der Waals surface area contributed by atoms with Crippen LogP contribution < -0.4 is 10.6 Å². The average molecular weight is 434 g/mol. The van der Waals surface area contributed by atoms with Crippen LogP contribution in [0, 0.1) is 11.8 Å². The standard InChI is InChI=1S/C26H31N3O3/c30-24-16-22(18-29(24)14-13-19-7-2-1-3-8-19)25(31)27-17-20-9-6-12-23(15-20)28-26(32)21-10-4-5-11-21/h1-3,6-9,12,15,21-22H,4-5,10-11,13-14,16-18H2,(H,27,31)(H,28,32). The summed E-state index contributed by atoms with van der Waals surface area (Å²) in [6.45, 7) is 1.48. The highest BCUT2D eigenvalue weighted by Gasteiger charge is 2.33. The molecule has 3 amide bonds. The summed E-state index contributed by atoms with van der Waals surface area (Å²) in [7, 11) is 0. The summed E-state index contributed by atoms with van der Waals surface area (Å²) in [6, 6.07) is 17.7. The molecule has 0 bridgehead atoms. The lowest BCUT2D eigenvalue weighted by atomic mass is 10.1. The molecule has 0 radical (unpaired) electrons. The third-order valence-corrected chi connectivity index (χ3v) is 6.49. The van der Waals surface area contributed by atoms with E-state index in [0.717, 1.165) is 43.4 Å². The fraction of sp³-hybridized carbons (Fsp3) is 0.423. The molecule has 1 saturated carbocycles. The highest BCUT2D eigenvalue weighted by atomic mass is 16.2. The van der Waals surface area contributed by atoms with E-state index in [1.165, 1.54) is 5.56 Å². The lowest BCUT2D eigenvalue weighted by Gasteiger charge is -2.16. The Hall–Kier alpha value is -3.15. The smallest absolute Gasteiger partial charge is 0.227 e. The summed E-state index contributed by atoms with van der Waals surface area (Å²) in [6.07, 6.45) is 5.22. The molecule has 168 valence electrons. The summed E-state index contributed by atoms with van der Waals surface area (Å²) >= 11 is 0. The van der Waals surface area contributed by atoms with E-state index >= 15 is 0 Å². The summed E-state index contributed by atoms with van der Waals surface area (Å²) in [5.41, 5.74) is 2.87. The molecule has 1 saturated heterocycles. The highest BCUT2D eigenvalue weighted by Crippen LogP contribution is 2.26. The Balaban J connectivity index is 1.24. The van der Waals surface area contributed by atoms with E-state index < -0.39 is 0 Å². The van der Waals surface area contributed by atoms with Crippen molar-refractivity contribution in [2.75, 3.05) is 18.4 Å². The Morgan fingerprint density at radius 2 is 1.66 bits per heavy atom. The zero-order valence-corrected chi connectivity index (χ0v) is 18.4. The van der Waals surface area contributed by atoms with Gasteiger partial charge in [0, 0.05) is 37.7 Å². The van der Waals surface area contributed by atoms with Crippen molar-refractivity contribution in [1.29, 1.82) is 0 Å². The van der Waals surface area contributed by atoms with Crippen LogP contribution in [0.4, 0.5) is 5.69 Å². The van der Waals surface area contributed by atoms with E-state index in [-0.39, 0.29) is 36.0 Å². The monoisotopic (exact) mass is 433 g/mol. The van der Waals surface area contributed by atoms with Gasteiger partial charge in [-0.15, -0.1) is 0 Å². The number of hydrogen-bond donors (Lipinski definition) is 2. The van der Waals surface area contributed by atoms with Crippen molar-refractivity contribution in [3.8, 4) is 0 Å². The summed E-state index contributed by atoms with van der Waals surface area (Å²) in [5, 5.41) is 5.96. The van der Waals surface area contributed by atoms with Crippen molar-refractivity contribution in [3.63, 3.8) is 0 Å². The van der Waals surface area contributed by atoms with E-state index in [4.69, 9.17) is 0 Å². The lowest BCUT2D eigenvalue weighted by Crippen LogP contribution is -2.33. The van der Waals surface area contributed by atoms with Gasteiger partial charge in [-0.25, -0.2) is 0 Å². The Bertz CT molecular complexity index is 954. The van der Waals surface area contributed by atoms with Crippen LogP contribution in [0.3, 0.4) is 0 Å². The first kappa shape index (κ1) is 22.1. The van der Waals surface area contributed by atoms with E-state index in [9.17, 15) is 14.4 Å². The largest absolute Gasteiger partial charge is 0.352 e. The lowest BCUT2D eigenvalue weighted by molar-refractivity contribution is -0.129. The number of likely N-dealkylation sites (tertiary alicyclic amines) is 1. The van der Waals surface area contributed by atoms with E-state index in [1.54, 1.807) is 4.90 Å². The molecule has 1 unspecified atom stereocenters. The number of amides is 3. The topological polar surface area (TPSA) is 78.5 Å². The van der Waals surface area contributed by atoms with Crippen LogP contribution in [0.15, 0.2) is 54.6 Å². The molecule has 4 rings (SSSR count). The summed E-state index contributed by atoms with van der Waals surface area (Å²) in [5.74, 6) is -0.172. The number of nitrogens with zero attached hydrogens (tertiary/aromatic N) is 1. The summed E-state index contributed by atoms with van der Waals surface area (Å²) < 4.78 is 0. The van der Waals surface area contributed by atoms with Gasteiger partial charge < -0.3 is 15.5 Å². The zero-order valence-electron chi connectivity index (χ0n) is 18.4. The van der Waals surface area contributed by atoms with Crippen molar-refractivity contribution in [1.82, 2.24) is 10.2 Å². The SMILES string of the molecule is O=C(NCc1cccc(NC(=O)C2CCCC2)c1)C1CC(=O)N(CCc2ccccc2)C1. The van der Waals surface area contributed by atoms with Crippen molar-refractivity contribution < 1.29 is 14.4 Å².